The highest BCUT2D eigenvalue weighted by Crippen LogP contribution is 2.44. The molecule has 4 aromatic rings. The van der Waals surface area contributed by atoms with Gasteiger partial charge in [0.1, 0.15) is 22.2 Å². The molecule has 0 saturated heterocycles. The van der Waals surface area contributed by atoms with Gasteiger partial charge in [-0.05, 0) is 79.1 Å². The third-order valence-corrected chi connectivity index (χ3v) is 6.55. The van der Waals surface area contributed by atoms with Crippen LogP contribution in [0.25, 0.3) is 16.2 Å². The fourth-order valence-electron chi connectivity index (χ4n) is 3.66. The number of benzene rings is 3. The maximum absolute atomic E-state index is 13.8. The van der Waals surface area contributed by atoms with Gasteiger partial charge in [0.05, 0.1) is 11.3 Å². The number of rotatable bonds is 7. The van der Waals surface area contributed by atoms with Gasteiger partial charge in [-0.25, -0.2) is 4.39 Å². The van der Waals surface area contributed by atoms with Crippen molar-refractivity contribution in [2.75, 3.05) is 0 Å². The maximum atomic E-state index is 13.8. The first-order chi connectivity index (χ1) is 16.3. The van der Waals surface area contributed by atoms with Crippen molar-refractivity contribution < 1.29 is 28.6 Å². The number of aryl methyl sites for hydroxylation is 2. The van der Waals surface area contributed by atoms with Crippen LogP contribution in [0, 0.1) is 19.7 Å². The lowest BCUT2D eigenvalue weighted by Gasteiger charge is -2.12. The number of halogens is 2. The molecule has 0 radical (unpaired) electrons. The van der Waals surface area contributed by atoms with E-state index in [-0.39, 0.29) is 16.6 Å². The second-order valence-electron chi connectivity index (χ2n) is 7.51. The Balaban J connectivity index is 1.81. The van der Waals surface area contributed by atoms with Gasteiger partial charge in [-0.2, -0.15) is 0 Å². The van der Waals surface area contributed by atoms with Gasteiger partial charge in [0, 0.05) is 15.6 Å². The highest BCUT2D eigenvalue weighted by atomic mass is 35.5. The van der Waals surface area contributed by atoms with Crippen LogP contribution in [0.15, 0.2) is 54.8 Å². The minimum absolute atomic E-state index is 0.0557. The van der Waals surface area contributed by atoms with Crippen LogP contribution in [-0.2, 0) is 9.53 Å². The second kappa shape index (κ2) is 9.67. The highest BCUT2D eigenvalue weighted by Gasteiger charge is 2.25. The molecule has 4 rings (SSSR count). The number of phenolic OH excluding ortho intramolecular Hbond substituents is 1. The lowest BCUT2D eigenvalue weighted by Crippen LogP contribution is -2.06. The van der Waals surface area contributed by atoms with Crippen LogP contribution in [0.1, 0.15) is 31.9 Å². The Morgan fingerprint density at radius 3 is 2.50 bits per heavy atom. The molecule has 1 N–H and O–H groups in total. The van der Waals surface area contributed by atoms with Crippen LogP contribution in [0.2, 0.25) is 5.02 Å². The molecule has 0 unspecified atom stereocenters. The van der Waals surface area contributed by atoms with Crippen LogP contribution in [0.3, 0.4) is 0 Å². The van der Waals surface area contributed by atoms with Crippen molar-refractivity contribution in [3.05, 3.63) is 92.8 Å². The summed E-state index contributed by atoms with van der Waals surface area (Å²) in [6.45, 7) is 3.67. The summed E-state index contributed by atoms with van der Waals surface area (Å²) in [5, 5.41) is 10.8. The van der Waals surface area contributed by atoms with Crippen LogP contribution in [-0.4, -0.2) is 17.4 Å². The number of ether oxygens (including phenoxy) is 2. The SMILES string of the molecule is Cc1cc(F)cc(C)c1C(=O)c1sc2cc(O)ccc2c1Oc1ccc(/C=C/OC=O)cc1Cl. The number of hydrogen-bond donors (Lipinski definition) is 1. The fraction of sp³-hybridized carbons (Fsp3) is 0.0769. The molecule has 0 aliphatic carbocycles. The summed E-state index contributed by atoms with van der Waals surface area (Å²) < 4.78 is 25.2. The van der Waals surface area contributed by atoms with E-state index in [9.17, 15) is 19.1 Å². The van der Waals surface area contributed by atoms with Crippen LogP contribution in [0.4, 0.5) is 4.39 Å². The summed E-state index contributed by atoms with van der Waals surface area (Å²) in [4.78, 5) is 24.2. The van der Waals surface area contributed by atoms with Gasteiger partial charge in [-0.1, -0.05) is 17.7 Å². The molecule has 0 atom stereocenters. The summed E-state index contributed by atoms with van der Waals surface area (Å²) >= 11 is 7.59. The largest absolute Gasteiger partial charge is 0.508 e. The zero-order valence-corrected chi connectivity index (χ0v) is 19.7. The minimum atomic E-state index is -0.413. The number of phenols is 1. The first-order valence-electron chi connectivity index (χ1n) is 10.1. The molecule has 0 fully saturated rings. The van der Waals surface area contributed by atoms with Gasteiger partial charge in [-0.3, -0.25) is 9.59 Å². The quantitative estimate of drug-likeness (QED) is 0.166. The molecule has 8 heteroatoms. The molecule has 0 amide bonds. The van der Waals surface area contributed by atoms with Gasteiger partial charge in [0.2, 0.25) is 5.78 Å². The number of carbonyl (C=O) groups is 2. The summed E-state index contributed by atoms with van der Waals surface area (Å²) in [5.74, 6) is -0.0663. The zero-order valence-electron chi connectivity index (χ0n) is 18.1. The average molecular weight is 497 g/mol. The zero-order chi connectivity index (χ0) is 24.4. The number of ketones is 1. The Hall–Kier alpha value is -3.68. The van der Waals surface area contributed by atoms with E-state index >= 15 is 0 Å². The molecular weight excluding hydrogens is 479 g/mol. The predicted octanol–water partition coefficient (Wildman–Crippen LogP) is 7.18. The average Bonchev–Trinajstić information content (AvgIpc) is 3.12. The third kappa shape index (κ3) is 4.66. The van der Waals surface area contributed by atoms with E-state index in [1.165, 1.54) is 35.8 Å². The van der Waals surface area contributed by atoms with Crippen LogP contribution < -0.4 is 4.74 Å². The molecule has 0 bridgehead atoms. The smallest absolute Gasteiger partial charge is 0.297 e. The molecule has 172 valence electrons. The van der Waals surface area contributed by atoms with E-state index < -0.39 is 5.82 Å². The van der Waals surface area contributed by atoms with E-state index in [4.69, 9.17) is 16.3 Å². The van der Waals surface area contributed by atoms with Gasteiger partial charge in [0.15, 0.2) is 5.75 Å². The van der Waals surface area contributed by atoms with E-state index in [1.54, 1.807) is 50.3 Å². The Morgan fingerprint density at radius 2 is 1.82 bits per heavy atom. The van der Waals surface area contributed by atoms with Crippen molar-refractivity contribution in [1.29, 1.82) is 0 Å². The second-order valence-corrected chi connectivity index (χ2v) is 8.97. The van der Waals surface area contributed by atoms with E-state index in [0.717, 1.165) is 0 Å². The van der Waals surface area contributed by atoms with Crippen molar-refractivity contribution in [1.82, 2.24) is 0 Å². The topological polar surface area (TPSA) is 72.8 Å². The Morgan fingerprint density at radius 1 is 1.09 bits per heavy atom. The first-order valence-corrected chi connectivity index (χ1v) is 11.3. The monoisotopic (exact) mass is 496 g/mol. The van der Waals surface area contributed by atoms with E-state index in [2.05, 4.69) is 4.74 Å². The van der Waals surface area contributed by atoms with E-state index in [0.29, 0.717) is 55.2 Å². The molecule has 34 heavy (non-hydrogen) atoms. The number of carbonyl (C=O) groups excluding carboxylic acids is 2. The lowest BCUT2D eigenvalue weighted by atomic mass is 9.97. The van der Waals surface area contributed by atoms with Crippen LogP contribution >= 0.6 is 22.9 Å². The Bertz CT molecular complexity index is 1430. The normalized spacial score (nSPS) is 11.2. The van der Waals surface area contributed by atoms with Gasteiger partial charge in [0.25, 0.3) is 6.47 Å². The summed E-state index contributed by atoms with van der Waals surface area (Å²) in [6.07, 6.45) is 2.78. The maximum Gasteiger partial charge on any atom is 0.297 e. The first kappa shape index (κ1) is 23.5. The molecule has 1 heterocycles. The molecule has 0 saturated carbocycles. The molecular formula is C26H18ClFO5S. The number of hydrogen-bond acceptors (Lipinski definition) is 6. The molecule has 5 nitrogen and oxygen atoms in total. The molecule has 0 aliphatic heterocycles. The predicted molar refractivity (Wildman–Crippen MR) is 131 cm³/mol. The Labute approximate surface area is 203 Å². The fourth-order valence-corrected chi connectivity index (χ4v) is 5.00. The molecule has 0 aliphatic rings. The number of aromatic hydroxyl groups is 1. The van der Waals surface area contributed by atoms with E-state index in [1.807, 2.05) is 0 Å². The third-order valence-electron chi connectivity index (χ3n) is 5.12. The van der Waals surface area contributed by atoms with Crippen molar-refractivity contribution in [3.8, 4) is 17.2 Å². The highest BCUT2D eigenvalue weighted by molar-refractivity contribution is 7.21. The van der Waals surface area contributed by atoms with Crippen molar-refractivity contribution in [2.24, 2.45) is 0 Å². The van der Waals surface area contributed by atoms with Gasteiger partial charge >= 0.3 is 0 Å². The minimum Gasteiger partial charge on any atom is -0.508 e. The van der Waals surface area contributed by atoms with Crippen molar-refractivity contribution in [3.63, 3.8) is 0 Å². The molecule has 3 aromatic carbocycles. The van der Waals surface area contributed by atoms with Crippen LogP contribution in [0.5, 0.6) is 17.2 Å². The summed E-state index contributed by atoms with van der Waals surface area (Å²) in [6, 6.07) is 12.3. The summed E-state index contributed by atoms with van der Waals surface area (Å²) in [5.41, 5.74) is 2.10. The molecule has 0 spiro atoms. The standard InChI is InChI=1S/C26H18ClFO5S/c1-14-9-17(28)10-15(2)23(14)24(31)26-25(19-5-4-18(30)12-22(19)34-26)33-21-6-3-16(11-20(21)27)7-8-32-13-29/h3-13,30H,1-2H3/b8-7+. The van der Waals surface area contributed by atoms with Gasteiger partial charge in [-0.15, -0.1) is 11.3 Å². The Kier molecular flexibility index (Phi) is 6.68. The number of fused-ring (bicyclic) bond motifs is 1. The van der Waals surface area contributed by atoms with Gasteiger partial charge < -0.3 is 14.6 Å². The summed E-state index contributed by atoms with van der Waals surface area (Å²) in [7, 11) is 0. The number of thiophene rings is 1. The molecule has 1 aromatic heterocycles. The lowest BCUT2D eigenvalue weighted by molar-refractivity contribution is -0.123. The van der Waals surface area contributed by atoms with Crippen molar-refractivity contribution >= 4 is 51.4 Å². The van der Waals surface area contributed by atoms with Crippen molar-refractivity contribution in [2.45, 2.75) is 13.8 Å².